The molecule has 0 amide bonds. The van der Waals surface area contributed by atoms with Gasteiger partial charge >= 0.3 is 0 Å². The van der Waals surface area contributed by atoms with Gasteiger partial charge in [0.2, 0.25) is 0 Å². The molecule has 0 aliphatic carbocycles. The average Bonchev–Trinajstić information content (AvgIpc) is 2.86. The van der Waals surface area contributed by atoms with Crippen molar-refractivity contribution in [2.45, 2.75) is 38.8 Å². The van der Waals surface area contributed by atoms with Crippen LogP contribution in [0.5, 0.6) is 0 Å². The van der Waals surface area contributed by atoms with Gasteiger partial charge in [-0.25, -0.2) is 13.2 Å². The molecule has 2 rings (SSSR count). The molecule has 132 valence electrons. The summed E-state index contributed by atoms with van der Waals surface area (Å²) in [6.07, 6.45) is -1.17. The number of nitrogens with two attached hydrogens (primary N) is 1. The maximum atomic E-state index is 14.1. The highest BCUT2D eigenvalue weighted by Gasteiger charge is 2.46. The Kier molecular flexibility index (Phi) is 5.45. The summed E-state index contributed by atoms with van der Waals surface area (Å²) in [5.41, 5.74) is 5.02. The molecule has 0 spiro atoms. The summed E-state index contributed by atoms with van der Waals surface area (Å²) in [4.78, 5) is 0. The number of benzene rings is 1. The maximum Gasteiger partial charge on any atom is 0.263 e. The first-order valence-corrected chi connectivity index (χ1v) is 7.72. The zero-order chi connectivity index (χ0) is 18.1. The van der Waals surface area contributed by atoms with Crippen molar-refractivity contribution in [2.75, 3.05) is 6.54 Å². The number of rotatable bonds is 5. The molecule has 1 aliphatic rings. The van der Waals surface area contributed by atoms with Crippen LogP contribution < -0.4 is 5.73 Å². The zero-order valence-electron chi connectivity index (χ0n) is 13.4. The fourth-order valence-electron chi connectivity index (χ4n) is 2.56. The summed E-state index contributed by atoms with van der Waals surface area (Å²) in [5.74, 6) is -0.769. The van der Waals surface area contributed by atoms with E-state index in [1.807, 2.05) is 0 Å². The molecular formula is C16H19ClF3N3O. The van der Waals surface area contributed by atoms with Crippen LogP contribution in [-0.4, -0.2) is 34.3 Å². The minimum atomic E-state index is -2.67. The van der Waals surface area contributed by atoms with Crippen LogP contribution in [0.2, 0.25) is 5.02 Å². The molecule has 0 fully saturated rings. The van der Waals surface area contributed by atoms with Crippen molar-refractivity contribution >= 4 is 17.3 Å². The molecule has 4 nitrogen and oxygen atoms in total. The number of halogens is 4. The smallest absolute Gasteiger partial charge is 0.263 e. The Bertz CT molecular complexity index is 689. The largest absolute Gasteiger partial charge is 0.402 e. The van der Waals surface area contributed by atoms with Crippen LogP contribution >= 0.6 is 11.6 Å². The number of hydrogen-bond acceptors (Lipinski definition) is 4. The Hall–Kier alpha value is -1.73. The van der Waals surface area contributed by atoms with Crippen molar-refractivity contribution in [2.24, 2.45) is 10.8 Å². The van der Waals surface area contributed by atoms with E-state index in [0.717, 1.165) is 0 Å². The van der Waals surface area contributed by atoms with E-state index >= 15 is 0 Å². The van der Waals surface area contributed by atoms with Gasteiger partial charge in [0.15, 0.2) is 0 Å². The van der Waals surface area contributed by atoms with Gasteiger partial charge in [0, 0.05) is 23.2 Å². The normalized spacial score (nSPS) is 21.6. The monoisotopic (exact) mass is 361 g/mol. The third-order valence-electron chi connectivity index (χ3n) is 4.08. The standard InChI is InChI=1S/C16H19ClF3N3O/c1-9(21)5-6-23-16(2,15(19)20)7-13(22-23)10-3-4-12(17)14(18)11(10)8-24/h3-5,15,24H,6-8,21H2,1-2H3/b9-5+/t16-/m0/s1. The number of nitrogens with zero attached hydrogens (tertiary/aromatic N) is 2. The molecule has 1 heterocycles. The number of allylic oxidation sites excluding steroid dienone is 1. The lowest BCUT2D eigenvalue weighted by atomic mass is 9.91. The van der Waals surface area contributed by atoms with Crippen LogP contribution in [0.15, 0.2) is 29.0 Å². The van der Waals surface area contributed by atoms with E-state index in [-0.39, 0.29) is 34.8 Å². The predicted molar refractivity (Wildman–Crippen MR) is 87.5 cm³/mol. The lowest BCUT2D eigenvalue weighted by Gasteiger charge is -2.32. The molecule has 1 aromatic rings. The lowest BCUT2D eigenvalue weighted by Crippen LogP contribution is -2.46. The summed E-state index contributed by atoms with van der Waals surface area (Å²) in [6, 6.07) is 2.80. The number of hydrogen-bond donors (Lipinski definition) is 2. The van der Waals surface area contributed by atoms with E-state index < -0.39 is 24.4 Å². The van der Waals surface area contributed by atoms with E-state index in [4.69, 9.17) is 17.3 Å². The van der Waals surface area contributed by atoms with Crippen molar-refractivity contribution in [1.29, 1.82) is 0 Å². The first-order chi connectivity index (χ1) is 11.2. The Morgan fingerprint density at radius 3 is 2.75 bits per heavy atom. The van der Waals surface area contributed by atoms with Gasteiger partial charge in [0.25, 0.3) is 6.43 Å². The van der Waals surface area contributed by atoms with Gasteiger partial charge in [0.1, 0.15) is 11.4 Å². The average molecular weight is 362 g/mol. The number of hydrazone groups is 1. The highest BCUT2D eigenvalue weighted by atomic mass is 35.5. The van der Waals surface area contributed by atoms with Gasteiger partial charge in [-0.1, -0.05) is 17.7 Å². The molecule has 0 saturated carbocycles. The number of aliphatic hydroxyl groups excluding tert-OH is 1. The third kappa shape index (κ3) is 3.37. The van der Waals surface area contributed by atoms with Crippen molar-refractivity contribution < 1.29 is 18.3 Å². The maximum absolute atomic E-state index is 14.1. The quantitative estimate of drug-likeness (QED) is 0.846. The topological polar surface area (TPSA) is 61.8 Å². The first-order valence-electron chi connectivity index (χ1n) is 7.34. The summed E-state index contributed by atoms with van der Waals surface area (Å²) >= 11 is 5.71. The molecule has 24 heavy (non-hydrogen) atoms. The fraction of sp³-hybridized carbons (Fsp3) is 0.438. The summed E-state index contributed by atoms with van der Waals surface area (Å²) in [6.45, 7) is 2.54. The summed E-state index contributed by atoms with van der Waals surface area (Å²) in [5, 5.41) is 14.8. The highest BCUT2D eigenvalue weighted by Crippen LogP contribution is 2.36. The molecule has 0 unspecified atom stereocenters. The molecule has 1 aromatic carbocycles. The molecular weight excluding hydrogens is 343 g/mol. The molecule has 1 aliphatic heterocycles. The van der Waals surface area contributed by atoms with Crippen molar-refractivity contribution in [3.8, 4) is 0 Å². The van der Waals surface area contributed by atoms with Crippen LogP contribution in [0.4, 0.5) is 13.2 Å². The van der Waals surface area contributed by atoms with Gasteiger partial charge in [-0.3, -0.25) is 5.01 Å². The minimum absolute atomic E-state index is 0.0507. The predicted octanol–water partition coefficient (Wildman–Crippen LogP) is 3.27. The number of alkyl halides is 2. The van der Waals surface area contributed by atoms with Crippen LogP contribution in [0, 0.1) is 5.82 Å². The van der Waals surface area contributed by atoms with Gasteiger partial charge < -0.3 is 10.8 Å². The van der Waals surface area contributed by atoms with Gasteiger partial charge in [-0.15, -0.1) is 0 Å². The minimum Gasteiger partial charge on any atom is -0.402 e. The zero-order valence-corrected chi connectivity index (χ0v) is 14.1. The van der Waals surface area contributed by atoms with Gasteiger partial charge in [-0.2, -0.15) is 5.10 Å². The Labute approximate surface area is 143 Å². The van der Waals surface area contributed by atoms with Crippen LogP contribution in [0.1, 0.15) is 31.4 Å². The van der Waals surface area contributed by atoms with Crippen LogP contribution in [-0.2, 0) is 6.61 Å². The molecule has 0 radical (unpaired) electrons. The Morgan fingerprint density at radius 2 is 2.21 bits per heavy atom. The van der Waals surface area contributed by atoms with Crippen molar-refractivity contribution in [3.63, 3.8) is 0 Å². The lowest BCUT2D eigenvalue weighted by molar-refractivity contribution is -0.0234. The number of aliphatic hydroxyl groups is 1. The molecule has 1 atom stereocenters. The molecule has 0 bridgehead atoms. The highest BCUT2D eigenvalue weighted by molar-refractivity contribution is 6.31. The molecule has 3 N–H and O–H groups in total. The molecule has 0 aromatic heterocycles. The third-order valence-corrected chi connectivity index (χ3v) is 4.37. The second kappa shape index (κ2) is 7.03. The first kappa shape index (κ1) is 18.6. The fourth-order valence-corrected chi connectivity index (χ4v) is 2.74. The van der Waals surface area contributed by atoms with Crippen molar-refractivity contribution in [3.05, 3.63) is 45.9 Å². The van der Waals surface area contributed by atoms with E-state index in [9.17, 15) is 18.3 Å². The second-order valence-electron chi connectivity index (χ2n) is 5.96. The van der Waals surface area contributed by atoms with Crippen LogP contribution in [0.25, 0.3) is 0 Å². The van der Waals surface area contributed by atoms with Crippen molar-refractivity contribution in [1.82, 2.24) is 5.01 Å². The van der Waals surface area contributed by atoms with Gasteiger partial charge in [-0.05, 0) is 26.0 Å². The second-order valence-corrected chi connectivity index (χ2v) is 6.36. The van der Waals surface area contributed by atoms with E-state index in [1.54, 1.807) is 13.0 Å². The Morgan fingerprint density at radius 1 is 1.54 bits per heavy atom. The van der Waals surface area contributed by atoms with Crippen LogP contribution in [0.3, 0.4) is 0 Å². The summed E-state index contributed by atoms with van der Waals surface area (Å²) < 4.78 is 41.3. The molecule has 8 heteroatoms. The Balaban J connectivity index is 2.47. The molecule has 0 saturated heterocycles. The van der Waals surface area contributed by atoms with Gasteiger partial charge in [0.05, 0.1) is 23.9 Å². The van der Waals surface area contributed by atoms with E-state index in [1.165, 1.54) is 24.1 Å². The summed E-state index contributed by atoms with van der Waals surface area (Å²) in [7, 11) is 0. The SMILES string of the molecule is C/C(N)=C\CN1N=C(c2ccc(Cl)c(F)c2CO)C[C@@]1(C)C(F)F. The van der Waals surface area contributed by atoms with E-state index in [0.29, 0.717) is 5.70 Å². The van der Waals surface area contributed by atoms with E-state index in [2.05, 4.69) is 5.10 Å².